The van der Waals surface area contributed by atoms with E-state index >= 15 is 0 Å². The van der Waals surface area contributed by atoms with Crippen molar-refractivity contribution in [3.05, 3.63) is 30.1 Å². The van der Waals surface area contributed by atoms with Crippen molar-refractivity contribution < 1.29 is 4.39 Å². The highest BCUT2D eigenvalue weighted by atomic mass is 19.1. The molecular formula is C16H25FN2. The van der Waals surface area contributed by atoms with Crippen LogP contribution in [0.3, 0.4) is 0 Å². The molecule has 0 spiro atoms. The van der Waals surface area contributed by atoms with E-state index in [2.05, 4.69) is 31.0 Å². The SMILES string of the molecule is CCCNC1CCN(c2ccccc2F)C(C)C1C. The van der Waals surface area contributed by atoms with Gasteiger partial charge in [0, 0.05) is 18.6 Å². The van der Waals surface area contributed by atoms with Crippen LogP contribution >= 0.6 is 0 Å². The molecule has 0 aliphatic carbocycles. The molecular weight excluding hydrogens is 239 g/mol. The average Bonchev–Trinajstić information content (AvgIpc) is 2.42. The largest absolute Gasteiger partial charge is 0.366 e. The second-order valence-electron chi connectivity index (χ2n) is 5.59. The number of hydrogen-bond acceptors (Lipinski definition) is 2. The van der Waals surface area contributed by atoms with Gasteiger partial charge >= 0.3 is 0 Å². The summed E-state index contributed by atoms with van der Waals surface area (Å²) in [5.74, 6) is 0.418. The first kappa shape index (κ1) is 14.3. The summed E-state index contributed by atoms with van der Waals surface area (Å²) in [5.41, 5.74) is 0.746. The number of para-hydroxylation sites is 1. The van der Waals surface area contributed by atoms with Crippen molar-refractivity contribution in [3.63, 3.8) is 0 Å². The van der Waals surface area contributed by atoms with E-state index < -0.39 is 0 Å². The summed E-state index contributed by atoms with van der Waals surface area (Å²) in [6, 6.07) is 8.02. The molecule has 2 nitrogen and oxygen atoms in total. The molecule has 106 valence electrons. The first-order chi connectivity index (χ1) is 9.15. The molecule has 1 saturated heterocycles. The Kier molecular flexibility index (Phi) is 4.81. The quantitative estimate of drug-likeness (QED) is 0.896. The second-order valence-corrected chi connectivity index (χ2v) is 5.59. The van der Waals surface area contributed by atoms with Crippen molar-refractivity contribution in [3.8, 4) is 0 Å². The van der Waals surface area contributed by atoms with E-state index in [0.717, 1.165) is 31.6 Å². The number of nitrogens with one attached hydrogen (secondary N) is 1. The minimum atomic E-state index is -0.110. The van der Waals surface area contributed by atoms with Crippen LogP contribution in [0.1, 0.15) is 33.6 Å². The van der Waals surface area contributed by atoms with Gasteiger partial charge in [-0.05, 0) is 44.4 Å². The lowest BCUT2D eigenvalue weighted by molar-refractivity contribution is 0.270. The van der Waals surface area contributed by atoms with Gasteiger partial charge < -0.3 is 10.2 Å². The molecule has 3 heteroatoms. The van der Waals surface area contributed by atoms with Crippen molar-refractivity contribution in [1.82, 2.24) is 5.32 Å². The van der Waals surface area contributed by atoms with Crippen LogP contribution in [0.5, 0.6) is 0 Å². The Balaban J connectivity index is 2.09. The molecule has 1 aliphatic rings. The number of rotatable bonds is 4. The zero-order chi connectivity index (χ0) is 13.8. The molecule has 1 aromatic rings. The fourth-order valence-electron chi connectivity index (χ4n) is 3.01. The van der Waals surface area contributed by atoms with Gasteiger partial charge in [0.05, 0.1) is 5.69 Å². The summed E-state index contributed by atoms with van der Waals surface area (Å²) in [4.78, 5) is 2.21. The van der Waals surface area contributed by atoms with Crippen molar-refractivity contribution in [2.24, 2.45) is 5.92 Å². The van der Waals surface area contributed by atoms with E-state index in [9.17, 15) is 4.39 Å². The highest BCUT2D eigenvalue weighted by Gasteiger charge is 2.32. The molecule has 3 atom stereocenters. The number of anilines is 1. The van der Waals surface area contributed by atoms with Crippen LogP contribution in [-0.2, 0) is 0 Å². The standard InChI is InChI=1S/C16H25FN2/c1-4-10-18-15-9-11-19(13(3)12(15)2)16-8-6-5-7-14(16)17/h5-8,12-13,15,18H,4,9-11H2,1-3H3. The van der Waals surface area contributed by atoms with Crippen LogP contribution in [0.25, 0.3) is 0 Å². The first-order valence-corrected chi connectivity index (χ1v) is 7.39. The topological polar surface area (TPSA) is 15.3 Å². The molecule has 1 N–H and O–H groups in total. The lowest BCUT2D eigenvalue weighted by Gasteiger charge is -2.44. The van der Waals surface area contributed by atoms with Crippen molar-refractivity contribution in [1.29, 1.82) is 0 Å². The zero-order valence-electron chi connectivity index (χ0n) is 12.2. The van der Waals surface area contributed by atoms with E-state index in [1.807, 2.05) is 12.1 Å². The van der Waals surface area contributed by atoms with Gasteiger partial charge in [-0.25, -0.2) is 4.39 Å². The summed E-state index contributed by atoms with van der Waals surface area (Å²) in [6.45, 7) is 8.66. The Morgan fingerprint density at radius 3 is 2.74 bits per heavy atom. The van der Waals surface area contributed by atoms with Gasteiger partial charge in [-0.1, -0.05) is 26.0 Å². The molecule has 0 aromatic heterocycles. The highest BCUT2D eigenvalue weighted by Crippen LogP contribution is 2.30. The summed E-state index contributed by atoms with van der Waals surface area (Å²) in [7, 11) is 0. The van der Waals surface area contributed by atoms with Crippen LogP contribution < -0.4 is 10.2 Å². The number of benzene rings is 1. The van der Waals surface area contributed by atoms with E-state index in [1.54, 1.807) is 12.1 Å². The maximum absolute atomic E-state index is 13.9. The first-order valence-electron chi connectivity index (χ1n) is 7.39. The van der Waals surface area contributed by atoms with Gasteiger partial charge in [-0.3, -0.25) is 0 Å². The highest BCUT2D eigenvalue weighted by molar-refractivity contribution is 5.49. The number of nitrogens with zero attached hydrogens (tertiary/aromatic N) is 1. The fourth-order valence-corrected chi connectivity index (χ4v) is 3.01. The van der Waals surface area contributed by atoms with Crippen molar-refractivity contribution in [2.45, 2.75) is 45.7 Å². The molecule has 0 saturated carbocycles. The summed E-state index contributed by atoms with van der Waals surface area (Å²) < 4.78 is 13.9. The second kappa shape index (κ2) is 6.38. The minimum Gasteiger partial charge on any atom is -0.366 e. The van der Waals surface area contributed by atoms with Gasteiger partial charge in [0.2, 0.25) is 0 Å². The Bertz CT molecular complexity index is 407. The summed E-state index contributed by atoms with van der Waals surface area (Å²) >= 11 is 0. The lowest BCUT2D eigenvalue weighted by Crippen LogP contribution is -2.53. The van der Waals surface area contributed by atoms with Crippen molar-refractivity contribution in [2.75, 3.05) is 18.0 Å². The van der Waals surface area contributed by atoms with Crippen LogP contribution in [-0.4, -0.2) is 25.2 Å². The van der Waals surface area contributed by atoms with Crippen LogP contribution in [0, 0.1) is 11.7 Å². The fraction of sp³-hybridized carbons (Fsp3) is 0.625. The molecule has 0 bridgehead atoms. The number of hydrogen-bond donors (Lipinski definition) is 1. The normalized spacial score (nSPS) is 27.6. The molecule has 1 fully saturated rings. The molecule has 1 heterocycles. The van der Waals surface area contributed by atoms with E-state index in [1.165, 1.54) is 0 Å². The molecule has 0 radical (unpaired) electrons. The summed E-state index contributed by atoms with van der Waals surface area (Å²) in [6.07, 6.45) is 2.24. The Morgan fingerprint density at radius 1 is 1.32 bits per heavy atom. The van der Waals surface area contributed by atoms with Gasteiger partial charge in [0.15, 0.2) is 0 Å². The monoisotopic (exact) mass is 264 g/mol. The van der Waals surface area contributed by atoms with Gasteiger partial charge in [-0.2, -0.15) is 0 Å². The molecule has 1 aliphatic heterocycles. The predicted molar refractivity (Wildman–Crippen MR) is 79.1 cm³/mol. The maximum atomic E-state index is 13.9. The third-order valence-corrected chi connectivity index (χ3v) is 4.39. The van der Waals surface area contributed by atoms with Crippen molar-refractivity contribution >= 4 is 5.69 Å². The van der Waals surface area contributed by atoms with Gasteiger partial charge in [0.25, 0.3) is 0 Å². The molecule has 0 amide bonds. The van der Waals surface area contributed by atoms with Gasteiger partial charge in [0.1, 0.15) is 5.82 Å². The van der Waals surface area contributed by atoms with Crippen LogP contribution in [0.15, 0.2) is 24.3 Å². The third kappa shape index (κ3) is 3.08. The maximum Gasteiger partial charge on any atom is 0.146 e. The molecule has 1 aromatic carbocycles. The van der Waals surface area contributed by atoms with Crippen LogP contribution in [0.2, 0.25) is 0 Å². The Hall–Kier alpha value is -1.09. The number of piperidine rings is 1. The molecule has 19 heavy (non-hydrogen) atoms. The lowest BCUT2D eigenvalue weighted by atomic mass is 9.86. The molecule has 3 unspecified atom stereocenters. The Labute approximate surface area is 116 Å². The van der Waals surface area contributed by atoms with E-state index in [0.29, 0.717) is 18.0 Å². The van der Waals surface area contributed by atoms with Gasteiger partial charge in [-0.15, -0.1) is 0 Å². The molecule has 2 rings (SSSR count). The smallest absolute Gasteiger partial charge is 0.146 e. The van der Waals surface area contributed by atoms with E-state index in [4.69, 9.17) is 0 Å². The predicted octanol–water partition coefficient (Wildman–Crippen LogP) is 3.43. The van der Waals surface area contributed by atoms with E-state index in [-0.39, 0.29) is 5.82 Å². The number of halogens is 1. The third-order valence-electron chi connectivity index (χ3n) is 4.39. The average molecular weight is 264 g/mol. The minimum absolute atomic E-state index is 0.110. The summed E-state index contributed by atoms with van der Waals surface area (Å²) in [5, 5.41) is 3.62. The van der Waals surface area contributed by atoms with Crippen LogP contribution in [0.4, 0.5) is 10.1 Å². The zero-order valence-corrected chi connectivity index (χ0v) is 12.2. The Morgan fingerprint density at radius 2 is 2.05 bits per heavy atom.